The van der Waals surface area contributed by atoms with E-state index in [1.165, 1.54) is 17.7 Å². The third-order valence-electron chi connectivity index (χ3n) is 7.62. The van der Waals surface area contributed by atoms with Gasteiger partial charge < -0.3 is 9.84 Å². The summed E-state index contributed by atoms with van der Waals surface area (Å²) >= 11 is 0. The summed E-state index contributed by atoms with van der Waals surface area (Å²) in [5.74, 6) is -1.66. The number of phenolic OH excluding ortho intramolecular Hbond substituents is 1. The Bertz CT molecular complexity index is 1670. The van der Waals surface area contributed by atoms with Gasteiger partial charge in [0.1, 0.15) is 12.4 Å². The number of hydrogen-bond donors (Lipinski definition) is 2. The molecule has 1 unspecified atom stereocenters. The molecular formula is C36H36F2N4O2. The molecule has 1 heterocycles. The lowest BCUT2D eigenvalue weighted by Gasteiger charge is -2.19. The molecule has 0 spiro atoms. The van der Waals surface area contributed by atoms with E-state index in [2.05, 4.69) is 71.7 Å². The Morgan fingerprint density at radius 1 is 0.886 bits per heavy atom. The molecule has 226 valence electrons. The molecule has 2 N–H and O–H groups in total. The van der Waals surface area contributed by atoms with Crippen molar-refractivity contribution in [2.45, 2.75) is 52.1 Å². The molecule has 1 atom stereocenters. The second-order valence-electron chi connectivity index (χ2n) is 12.0. The molecular weight excluding hydrogens is 558 g/mol. The summed E-state index contributed by atoms with van der Waals surface area (Å²) in [7, 11) is 0. The lowest BCUT2D eigenvalue weighted by atomic mass is 9.87. The fourth-order valence-electron chi connectivity index (χ4n) is 5.01. The summed E-state index contributed by atoms with van der Waals surface area (Å²) < 4.78 is 34.5. The van der Waals surface area contributed by atoms with Gasteiger partial charge in [-0.3, -0.25) is 0 Å². The van der Waals surface area contributed by atoms with E-state index < -0.39 is 17.4 Å². The molecule has 0 fully saturated rings. The van der Waals surface area contributed by atoms with Crippen molar-refractivity contribution in [3.05, 3.63) is 130 Å². The number of H-pyrrole nitrogens is 1. The van der Waals surface area contributed by atoms with Gasteiger partial charge in [-0.2, -0.15) is 5.21 Å². The number of halogens is 2. The van der Waals surface area contributed by atoms with Crippen LogP contribution in [0.5, 0.6) is 11.5 Å². The average molecular weight is 595 g/mol. The van der Waals surface area contributed by atoms with Crippen LogP contribution in [0, 0.1) is 17.6 Å². The SMILES string of the molecule is CC(C)(C)c1ccc(COc2ccccc2C=CC(CCc2ccc(-c3nn[nH]n3)cc2)Cc2cc(F)c(O)c(F)c2)cc1. The van der Waals surface area contributed by atoms with E-state index in [9.17, 15) is 13.9 Å². The molecule has 5 aromatic rings. The third kappa shape index (κ3) is 7.95. The van der Waals surface area contributed by atoms with Gasteiger partial charge in [0.2, 0.25) is 5.82 Å². The van der Waals surface area contributed by atoms with Crippen LogP contribution in [-0.4, -0.2) is 25.7 Å². The average Bonchev–Trinajstić information content (AvgIpc) is 3.56. The number of ether oxygens (including phenoxy) is 1. The first-order valence-corrected chi connectivity index (χ1v) is 14.6. The van der Waals surface area contributed by atoms with Crippen LogP contribution >= 0.6 is 0 Å². The molecule has 0 radical (unpaired) electrons. The molecule has 4 aromatic carbocycles. The summed E-state index contributed by atoms with van der Waals surface area (Å²) in [4.78, 5) is 0. The van der Waals surface area contributed by atoms with Gasteiger partial charge in [0.25, 0.3) is 0 Å². The number of rotatable bonds is 11. The number of benzene rings is 4. The zero-order valence-corrected chi connectivity index (χ0v) is 25.1. The lowest BCUT2D eigenvalue weighted by molar-refractivity contribution is 0.305. The number of aromatic hydroxyl groups is 1. The van der Waals surface area contributed by atoms with Gasteiger partial charge in [-0.1, -0.05) is 99.7 Å². The molecule has 0 amide bonds. The number of aryl methyl sites for hydroxylation is 1. The molecule has 8 heteroatoms. The molecule has 6 nitrogen and oxygen atoms in total. The molecule has 0 saturated carbocycles. The van der Waals surface area contributed by atoms with Crippen molar-refractivity contribution in [1.29, 1.82) is 0 Å². The van der Waals surface area contributed by atoms with E-state index in [1.54, 1.807) is 0 Å². The van der Waals surface area contributed by atoms with E-state index >= 15 is 0 Å². The Morgan fingerprint density at radius 3 is 2.23 bits per heavy atom. The Labute approximate surface area is 256 Å². The second-order valence-corrected chi connectivity index (χ2v) is 12.0. The van der Waals surface area contributed by atoms with Crippen molar-refractivity contribution in [3.63, 3.8) is 0 Å². The van der Waals surface area contributed by atoms with E-state index in [4.69, 9.17) is 4.74 Å². The zero-order chi connectivity index (χ0) is 31.1. The van der Waals surface area contributed by atoms with Gasteiger partial charge in [0.15, 0.2) is 17.4 Å². The normalized spacial score (nSPS) is 12.5. The maximum Gasteiger partial charge on any atom is 0.204 e. The van der Waals surface area contributed by atoms with Crippen LogP contribution in [0.4, 0.5) is 8.78 Å². The highest BCUT2D eigenvalue weighted by Gasteiger charge is 2.15. The maximum absolute atomic E-state index is 14.2. The maximum atomic E-state index is 14.2. The highest BCUT2D eigenvalue weighted by atomic mass is 19.1. The highest BCUT2D eigenvalue weighted by Crippen LogP contribution is 2.28. The molecule has 0 aliphatic carbocycles. The molecule has 5 rings (SSSR count). The topological polar surface area (TPSA) is 83.9 Å². The van der Waals surface area contributed by atoms with Crippen LogP contribution in [-0.2, 0) is 24.9 Å². The van der Waals surface area contributed by atoms with Crippen molar-refractivity contribution >= 4 is 6.08 Å². The number of allylic oxidation sites excluding steroid dienone is 1. The number of aromatic amines is 1. The Balaban J connectivity index is 1.31. The van der Waals surface area contributed by atoms with Gasteiger partial charge in [-0.25, -0.2) is 8.78 Å². The van der Waals surface area contributed by atoms with Gasteiger partial charge in [0.05, 0.1) is 0 Å². The first-order chi connectivity index (χ1) is 21.2. The molecule has 0 saturated heterocycles. The van der Waals surface area contributed by atoms with Crippen LogP contribution in [0.25, 0.3) is 17.5 Å². The van der Waals surface area contributed by atoms with E-state index in [0.29, 0.717) is 24.4 Å². The quantitative estimate of drug-likeness (QED) is 0.161. The van der Waals surface area contributed by atoms with Crippen molar-refractivity contribution in [2.24, 2.45) is 5.92 Å². The van der Waals surface area contributed by atoms with Crippen molar-refractivity contribution < 1.29 is 18.6 Å². The number of phenols is 1. The third-order valence-corrected chi connectivity index (χ3v) is 7.62. The molecule has 44 heavy (non-hydrogen) atoms. The number of nitrogens with one attached hydrogen (secondary N) is 1. The minimum absolute atomic E-state index is 0.0479. The minimum atomic E-state index is -0.964. The second kappa shape index (κ2) is 13.6. The molecule has 0 aliphatic rings. The first-order valence-electron chi connectivity index (χ1n) is 14.6. The number of para-hydroxylation sites is 1. The molecule has 1 aromatic heterocycles. The number of hydrogen-bond acceptors (Lipinski definition) is 5. The van der Waals surface area contributed by atoms with Gasteiger partial charge in [-0.15, -0.1) is 10.2 Å². The van der Waals surface area contributed by atoms with E-state index in [0.717, 1.165) is 40.8 Å². The predicted octanol–water partition coefficient (Wildman–Crippen LogP) is 8.23. The summed E-state index contributed by atoms with van der Waals surface area (Å²) in [5, 5.41) is 23.7. The first kappa shape index (κ1) is 30.6. The zero-order valence-electron chi connectivity index (χ0n) is 25.1. The van der Waals surface area contributed by atoms with Gasteiger partial charge >= 0.3 is 0 Å². The summed E-state index contributed by atoms with van der Waals surface area (Å²) in [5.41, 5.74) is 5.79. The van der Waals surface area contributed by atoms with Crippen LogP contribution in [0.2, 0.25) is 0 Å². The highest BCUT2D eigenvalue weighted by molar-refractivity contribution is 5.57. The Kier molecular flexibility index (Phi) is 9.48. The van der Waals surface area contributed by atoms with Crippen molar-refractivity contribution in [3.8, 4) is 22.9 Å². The smallest absolute Gasteiger partial charge is 0.204 e. The Hall–Kier alpha value is -4.85. The summed E-state index contributed by atoms with van der Waals surface area (Å²) in [6, 6.07) is 26.6. The number of aromatic nitrogens is 4. The largest absolute Gasteiger partial charge is 0.503 e. The fourth-order valence-corrected chi connectivity index (χ4v) is 5.01. The Morgan fingerprint density at radius 2 is 1.57 bits per heavy atom. The van der Waals surface area contributed by atoms with Crippen LogP contribution in [0.1, 0.15) is 55.0 Å². The van der Waals surface area contributed by atoms with E-state index in [-0.39, 0.29) is 11.3 Å². The standard InChI is InChI=1S/C36H36F2N4O2/c1-36(2,3)30-18-13-26(14-19-30)23-44-33-7-5-4-6-28(33)15-12-25(20-27-21-31(37)34(43)32(38)22-27)9-8-24-10-16-29(17-11-24)35-39-41-42-40-35/h4-7,10-19,21-22,25,43H,8-9,20,23H2,1-3H3,(H,39,40,41,42). The van der Waals surface area contributed by atoms with Gasteiger partial charge in [0, 0.05) is 11.1 Å². The van der Waals surface area contributed by atoms with E-state index in [1.807, 2.05) is 54.6 Å². The van der Waals surface area contributed by atoms with Crippen molar-refractivity contribution in [2.75, 3.05) is 0 Å². The van der Waals surface area contributed by atoms with Crippen molar-refractivity contribution in [1.82, 2.24) is 20.6 Å². The van der Waals surface area contributed by atoms with Crippen LogP contribution in [0.3, 0.4) is 0 Å². The predicted molar refractivity (Wildman–Crippen MR) is 168 cm³/mol. The van der Waals surface area contributed by atoms with Crippen LogP contribution < -0.4 is 4.74 Å². The van der Waals surface area contributed by atoms with Crippen LogP contribution in [0.15, 0.2) is 91.0 Å². The van der Waals surface area contributed by atoms with Gasteiger partial charge in [-0.05, 0) is 76.3 Å². The minimum Gasteiger partial charge on any atom is -0.503 e. The monoisotopic (exact) mass is 594 g/mol. The summed E-state index contributed by atoms with van der Waals surface area (Å²) in [6.07, 6.45) is 5.94. The molecule has 0 bridgehead atoms. The number of tetrazole rings is 1. The lowest BCUT2D eigenvalue weighted by Crippen LogP contribution is -2.10. The molecule has 0 aliphatic heterocycles. The fraction of sp³-hybridized carbons (Fsp3) is 0.250. The summed E-state index contributed by atoms with van der Waals surface area (Å²) in [6.45, 7) is 7.01. The number of nitrogens with zero attached hydrogens (tertiary/aromatic N) is 3.